The van der Waals surface area contributed by atoms with Gasteiger partial charge in [0.25, 0.3) is 0 Å². The first-order chi connectivity index (χ1) is 8.58. The number of hydrogen-bond acceptors (Lipinski definition) is 1. The van der Waals surface area contributed by atoms with Gasteiger partial charge in [0.15, 0.2) is 0 Å². The molecule has 1 unspecified atom stereocenters. The third kappa shape index (κ3) is 2.98. The second-order valence-corrected chi connectivity index (χ2v) is 5.17. The molecule has 2 aromatic carbocycles. The minimum atomic E-state index is -0.712. The molecule has 0 saturated heterocycles. The van der Waals surface area contributed by atoms with Gasteiger partial charge in [-0.3, -0.25) is 0 Å². The average molecular weight is 309 g/mol. The summed E-state index contributed by atoms with van der Waals surface area (Å²) in [5.74, 6) is -0.336. The fraction of sp³-hybridized carbons (Fsp3) is 0.200. The van der Waals surface area contributed by atoms with E-state index in [9.17, 15) is 9.50 Å². The Morgan fingerprint density at radius 3 is 2.67 bits per heavy atom. The summed E-state index contributed by atoms with van der Waals surface area (Å²) < 4.78 is 13.9. The van der Waals surface area contributed by atoms with Crippen LogP contribution in [0.25, 0.3) is 0 Å². The van der Waals surface area contributed by atoms with E-state index in [4.69, 9.17) is 0 Å². The Kier molecular flexibility index (Phi) is 4.15. The molecule has 1 nitrogen and oxygen atoms in total. The number of hydrogen-bond donors (Lipinski definition) is 1. The van der Waals surface area contributed by atoms with Gasteiger partial charge in [-0.1, -0.05) is 40.2 Å². The summed E-state index contributed by atoms with van der Waals surface area (Å²) in [6, 6.07) is 12.2. The zero-order valence-corrected chi connectivity index (χ0v) is 11.6. The minimum absolute atomic E-state index is 0.336. The van der Waals surface area contributed by atoms with Gasteiger partial charge in [-0.2, -0.15) is 0 Å². The van der Waals surface area contributed by atoms with E-state index in [1.165, 1.54) is 12.1 Å². The van der Waals surface area contributed by atoms with Crippen LogP contribution in [-0.2, 0) is 6.42 Å². The Morgan fingerprint density at radius 2 is 1.94 bits per heavy atom. The maximum Gasteiger partial charge on any atom is 0.123 e. The van der Waals surface area contributed by atoms with Gasteiger partial charge in [-0.05, 0) is 41.8 Å². The number of benzene rings is 2. The molecule has 1 atom stereocenters. The molecule has 0 amide bonds. The highest BCUT2D eigenvalue weighted by atomic mass is 79.9. The summed E-state index contributed by atoms with van der Waals surface area (Å²) in [5.41, 5.74) is 2.78. The summed E-state index contributed by atoms with van der Waals surface area (Å²) in [6.45, 7) is 2.00. The molecular weight excluding hydrogens is 295 g/mol. The van der Waals surface area contributed by atoms with Crippen LogP contribution in [0.4, 0.5) is 4.39 Å². The number of aliphatic hydroxyl groups is 1. The van der Waals surface area contributed by atoms with Gasteiger partial charge >= 0.3 is 0 Å². The van der Waals surface area contributed by atoms with Crippen molar-refractivity contribution in [2.75, 3.05) is 0 Å². The van der Waals surface area contributed by atoms with E-state index in [0.717, 1.165) is 15.6 Å². The van der Waals surface area contributed by atoms with Gasteiger partial charge in [-0.15, -0.1) is 0 Å². The quantitative estimate of drug-likeness (QED) is 0.902. The Morgan fingerprint density at radius 1 is 1.22 bits per heavy atom. The Bertz CT molecular complexity index is 554. The molecule has 0 spiro atoms. The molecule has 0 bridgehead atoms. The normalized spacial score (nSPS) is 12.4. The average Bonchev–Trinajstić information content (AvgIpc) is 2.35. The lowest BCUT2D eigenvalue weighted by Crippen LogP contribution is -2.04. The van der Waals surface area contributed by atoms with Gasteiger partial charge in [0.05, 0.1) is 6.10 Å². The van der Waals surface area contributed by atoms with Crippen molar-refractivity contribution in [3.63, 3.8) is 0 Å². The summed E-state index contributed by atoms with van der Waals surface area (Å²) in [7, 11) is 0. The van der Waals surface area contributed by atoms with E-state index in [-0.39, 0.29) is 5.82 Å². The molecule has 0 aliphatic carbocycles. The lowest BCUT2D eigenvalue weighted by molar-refractivity contribution is 0.177. The van der Waals surface area contributed by atoms with Crippen LogP contribution < -0.4 is 0 Å². The van der Waals surface area contributed by atoms with Crippen LogP contribution in [-0.4, -0.2) is 5.11 Å². The predicted octanol–water partition coefficient (Wildman–Crippen LogP) is 4.17. The van der Waals surface area contributed by atoms with Crippen LogP contribution in [0.5, 0.6) is 0 Å². The van der Waals surface area contributed by atoms with Crippen LogP contribution in [0.15, 0.2) is 46.9 Å². The van der Waals surface area contributed by atoms with Crippen molar-refractivity contribution in [3.8, 4) is 0 Å². The fourth-order valence-corrected chi connectivity index (χ4v) is 2.44. The zero-order valence-electron chi connectivity index (χ0n) is 10.0. The zero-order chi connectivity index (χ0) is 13.1. The lowest BCUT2D eigenvalue weighted by atomic mass is 9.98. The monoisotopic (exact) mass is 308 g/mol. The number of aryl methyl sites for hydroxylation is 1. The van der Waals surface area contributed by atoms with Crippen molar-refractivity contribution < 1.29 is 9.50 Å². The lowest BCUT2D eigenvalue weighted by Gasteiger charge is -2.14. The highest BCUT2D eigenvalue weighted by Gasteiger charge is 2.13. The van der Waals surface area contributed by atoms with Crippen molar-refractivity contribution in [3.05, 3.63) is 69.4 Å². The topological polar surface area (TPSA) is 20.2 Å². The van der Waals surface area contributed by atoms with E-state index in [2.05, 4.69) is 15.9 Å². The van der Waals surface area contributed by atoms with E-state index in [1.807, 2.05) is 31.2 Å². The molecule has 0 saturated carbocycles. The molecule has 1 N–H and O–H groups in total. The summed E-state index contributed by atoms with van der Waals surface area (Å²) in [5, 5.41) is 10.2. The third-order valence-electron chi connectivity index (χ3n) is 2.99. The molecular formula is C15H14BrFO. The first-order valence-electron chi connectivity index (χ1n) is 5.75. The largest absolute Gasteiger partial charge is 0.388 e. The second-order valence-electron chi connectivity index (χ2n) is 4.31. The van der Waals surface area contributed by atoms with Crippen molar-refractivity contribution in [2.45, 2.75) is 19.4 Å². The van der Waals surface area contributed by atoms with E-state index >= 15 is 0 Å². The molecule has 0 radical (unpaired) electrons. The molecule has 0 aromatic heterocycles. The molecule has 3 heteroatoms. The SMILES string of the molecule is Cc1ccccc1CC(O)c1cc(F)ccc1Br. The van der Waals surface area contributed by atoms with Crippen LogP contribution in [0.3, 0.4) is 0 Å². The maximum absolute atomic E-state index is 13.2. The molecule has 18 heavy (non-hydrogen) atoms. The Labute approximate surface area is 114 Å². The number of aliphatic hydroxyl groups excluding tert-OH is 1. The Hall–Kier alpha value is -1.19. The maximum atomic E-state index is 13.2. The van der Waals surface area contributed by atoms with E-state index in [0.29, 0.717) is 12.0 Å². The summed E-state index contributed by atoms with van der Waals surface area (Å²) >= 11 is 3.34. The molecule has 0 fully saturated rings. The van der Waals surface area contributed by atoms with E-state index in [1.54, 1.807) is 6.07 Å². The van der Waals surface area contributed by atoms with Gasteiger partial charge in [-0.25, -0.2) is 4.39 Å². The Balaban J connectivity index is 2.25. The van der Waals surface area contributed by atoms with Crippen LogP contribution in [0, 0.1) is 12.7 Å². The van der Waals surface area contributed by atoms with Crippen LogP contribution in [0.2, 0.25) is 0 Å². The summed E-state index contributed by atoms with van der Waals surface area (Å²) in [6.07, 6.45) is -0.231. The van der Waals surface area contributed by atoms with Crippen molar-refractivity contribution >= 4 is 15.9 Å². The molecule has 2 rings (SSSR count). The van der Waals surface area contributed by atoms with Crippen molar-refractivity contribution in [1.82, 2.24) is 0 Å². The standard InChI is InChI=1S/C15H14BrFO/c1-10-4-2-3-5-11(10)8-15(18)13-9-12(17)6-7-14(13)16/h2-7,9,15,18H,8H2,1H3. The summed E-state index contributed by atoms with van der Waals surface area (Å²) in [4.78, 5) is 0. The molecule has 0 aliphatic rings. The molecule has 0 heterocycles. The van der Waals surface area contributed by atoms with Gasteiger partial charge in [0.1, 0.15) is 5.82 Å². The van der Waals surface area contributed by atoms with Gasteiger partial charge < -0.3 is 5.11 Å². The molecule has 0 aliphatic heterocycles. The highest BCUT2D eigenvalue weighted by molar-refractivity contribution is 9.10. The van der Waals surface area contributed by atoms with Crippen molar-refractivity contribution in [2.24, 2.45) is 0 Å². The van der Waals surface area contributed by atoms with Crippen LogP contribution in [0.1, 0.15) is 22.8 Å². The second kappa shape index (κ2) is 5.63. The van der Waals surface area contributed by atoms with E-state index < -0.39 is 6.10 Å². The minimum Gasteiger partial charge on any atom is -0.388 e. The van der Waals surface area contributed by atoms with Gasteiger partial charge in [0, 0.05) is 10.9 Å². The predicted molar refractivity (Wildman–Crippen MR) is 73.9 cm³/mol. The molecule has 94 valence electrons. The third-order valence-corrected chi connectivity index (χ3v) is 3.71. The smallest absolute Gasteiger partial charge is 0.123 e. The number of halogens is 2. The fourth-order valence-electron chi connectivity index (χ4n) is 1.93. The molecule has 2 aromatic rings. The van der Waals surface area contributed by atoms with Crippen LogP contribution >= 0.6 is 15.9 Å². The van der Waals surface area contributed by atoms with Gasteiger partial charge in [0.2, 0.25) is 0 Å². The first-order valence-corrected chi connectivity index (χ1v) is 6.55. The first kappa shape index (κ1) is 13.2. The van der Waals surface area contributed by atoms with Crippen molar-refractivity contribution in [1.29, 1.82) is 0 Å². The number of rotatable bonds is 3. The highest BCUT2D eigenvalue weighted by Crippen LogP contribution is 2.27.